The van der Waals surface area contributed by atoms with Crippen molar-refractivity contribution in [1.29, 1.82) is 0 Å². The molecule has 0 aromatic carbocycles. The van der Waals surface area contributed by atoms with Gasteiger partial charge in [0, 0.05) is 0 Å². The maximum atomic E-state index is 9.65. The molecule has 0 rings (SSSR count). The van der Waals surface area contributed by atoms with Crippen LogP contribution in [0.3, 0.4) is 0 Å². The molecule has 0 heterocycles. The second-order valence-corrected chi connectivity index (χ2v) is 10.3. The van der Waals surface area contributed by atoms with Gasteiger partial charge in [-0.15, -0.1) is 0 Å². The third-order valence-corrected chi connectivity index (χ3v) is 7.82. The van der Waals surface area contributed by atoms with Crippen LogP contribution < -0.4 is 0 Å². The highest BCUT2D eigenvalue weighted by Crippen LogP contribution is 2.37. The molecule has 3 heteroatoms. The van der Waals surface area contributed by atoms with Crippen LogP contribution in [-0.4, -0.2) is 25.6 Å². The van der Waals surface area contributed by atoms with E-state index in [-0.39, 0.29) is 17.2 Å². The first-order chi connectivity index (χ1) is 6.12. The summed E-state index contributed by atoms with van der Waals surface area (Å²) in [6, 6.07) is 0. The van der Waals surface area contributed by atoms with Crippen LogP contribution in [0.2, 0.25) is 18.1 Å². The average molecular weight is 218 g/mol. The summed E-state index contributed by atoms with van der Waals surface area (Å²) >= 11 is 0. The van der Waals surface area contributed by atoms with E-state index in [1.807, 2.05) is 13.8 Å². The Hall–Kier alpha value is 0.137. The molecular formula is C11H26O2Si. The van der Waals surface area contributed by atoms with E-state index in [2.05, 4.69) is 33.9 Å². The summed E-state index contributed by atoms with van der Waals surface area (Å²) in [4.78, 5) is 0. The Labute approximate surface area is 89.8 Å². The molecule has 0 amide bonds. The smallest absolute Gasteiger partial charge is 0.192 e. The molecule has 2 atom stereocenters. The van der Waals surface area contributed by atoms with Gasteiger partial charge in [-0.3, -0.25) is 0 Å². The predicted molar refractivity (Wildman–Crippen MR) is 64.0 cm³/mol. The second-order valence-electron chi connectivity index (χ2n) is 5.56. The Morgan fingerprint density at radius 2 is 1.71 bits per heavy atom. The summed E-state index contributed by atoms with van der Waals surface area (Å²) in [5.41, 5.74) is 0. The minimum absolute atomic E-state index is 0.0408. The first-order valence-corrected chi connectivity index (χ1v) is 8.38. The predicted octanol–water partition coefficient (Wildman–Crippen LogP) is 3.17. The zero-order valence-electron chi connectivity index (χ0n) is 10.7. The first-order valence-electron chi connectivity index (χ1n) is 5.47. The molecule has 14 heavy (non-hydrogen) atoms. The van der Waals surface area contributed by atoms with E-state index in [0.717, 1.165) is 6.42 Å². The number of hydrogen-bond donors (Lipinski definition) is 1. The van der Waals surface area contributed by atoms with Crippen molar-refractivity contribution in [3.05, 3.63) is 0 Å². The Balaban J connectivity index is 4.36. The van der Waals surface area contributed by atoms with E-state index in [0.29, 0.717) is 0 Å². The number of aliphatic hydroxyl groups is 1. The van der Waals surface area contributed by atoms with Crippen LogP contribution in [0.1, 0.15) is 41.0 Å². The maximum absolute atomic E-state index is 9.65. The van der Waals surface area contributed by atoms with Gasteiger partial charge in [0.25, 0.3) is 0 Å². The molecule has 0 aliphatic heterocycles. The van der Waals surface area contributed by atoms with E-state index < -0.39 is 8.32 Å². The van der Waals surface area contributed by atoms with Crippen LogP contribution in [-0.2, 0) is 4.43 Å². The summed E-state index contributed by atoms with van der Waals surface area (Å²) in [5.74, 6) is 0. The fraction of sp³-hybridized carbons (Fsp3) is 1.00. The molecule has 86 valence electrons. The van der Waals surface area contributed by atoms with E-state index in [1.54, 1.807) is 0 Å². The van der Waals surface area contributed by atoms with E-state index in [1.165, 1.54) is 0 Å². The van der Waals surface area contributed by atoms with E-state index in [9.17, 15) is 5.11 Å². The molecule has 0 radical (unpaired) electrons. The standard InChI is InChI=1S/C11H26O2Si/c1-8-10(12)9(2)13-14(6,7)11(3,4)5/h9-10,12H,8H2,1-7H3. The molecule has 0 aromatic heterocycles. The van der Waals surface area contributed by atoms with Crippen molar-refractivity contribution in [3.8, 4) is 0 Å². The molecule has 0 aliphatic carbocycles. The monoisotopic (exact) mass is 218 g/mol. The second kappa shape index (κ2) is 4.77. The normalized spacial score (nSPS) is 18.0. The Morgan fingerprint density at radius 3 is 2.00 bits per heavy atom. The van der Waals surface area contributed by atoms with Gasteiger partial charge in [0.1, 0.15) is 0 Å². The highest BCUT2D eigenvalue weighted by atomic mass is 28.4. The van der Waals surface area contributed by atoms with Crippen LogP contribution in [0.4, 0.5) is 0 Å². The molecule has 2 nitrogen and oxygen atoms in total. The number of rotatable bonds is 4. The van der Waals surface area contributed by atoms with Crippen molar-refractivity contribution in [2.24, 2.45) is 0 Å². The lowest BCUT2D eigenvalue weighted by Crippen LogP contribution is -2.46. The zero-order valence-corrected chi connectivity index (χ0v) is 11.7. The summed E-state index contributed by atoms with van der Waals surface area (Å²) in [7, 11) is -1.71. The van der Waals surface area contributed by atoms with Gasteiger partial charge in [-0.2, -0.15) is 0 Å². The lowest BCUT2D eigenvalue weighted by molar-refractivity contribution is 0.0366. The van der Waals surface area contributed by atoms with Crippen molar-refractivity contribution >= 4 is 8.32 Å². The summed E-state index contributed by atoms with van der Waals surface area (Å²) in [5, 5.41) is 9.87. The lowest BCUT2D eigenvalue weighted by Gasteiger charge is -2.39. The largest absolute Gasteiger partial charge is 0.412 e. The van der Waals surface area contributed by atoms with Crippen LogP contribution in [0, 0.1) is 0 Å². The molecule has 0 bridgehead atoms. The van der Waals surface area contributed by atoms with Crippen LogP contribution >= 0.6 is 0 Å². The number of hydrogen-bond acceptors (Lipinski definition) is 2. The third kappa shape index (κ3) is 3.71. The van der Waals surface area contributed by atoms with E-state index >= 15 is 0 Å². The minimum Gasteiger partial charge on any atom is -0.412 e. The van der Waals surface area contributed by atoms with Crippen molar-refractivity contribution in [3.63, 3.8) is 0 Å². The maximum Gasteiger partial charge on any atom is 0.192 e. The first kappa shape index (κ1) is 14.1. The van der Waals surface area contributed by atoms with Crippen molar-refractivity contribution in [2.75, 3.05) is 0 Å². The fourth-order valence-corrected chi connectivity index (χ4v) is 2.49. The molecule has 0 saturated heterocycles. The lowest BCUT2D eigenvalue weighted by atomic mass is 10.2. The molecular weight excluding hydrogens is 192 g/mol. The van der Waals surface area contributed by atoms with Gasteiger partial charge >= 0.3 is 0 Å². The highest BCUT2D eigenvalue weighted by Gasteiger charge is 2.39. The molecule has 0 aliphatic rings. The van der Waals surface area contributed by atoms with Crippen molar-refractivity contribution in [2.45, 2.75) is 71.4 Å². The Morgan fingerprint density at radius 1 is 1.29 bits per heavy atom. The Kier molecular flexibility index (Phi) is 4.82. The molecule has 0 aromatic rings. The molecule has 1 N–H and O–H groups in total. The van der Waals surface area contributed by atoms with Gasteiger partial charge in [0.15, 0.2) is 8.32 Å². The SMILES string of the molecule is CCC(O)C(C)O[Si](C)(C)C(C)(C)C. The van der Waals surface area contributed by atoms with Crippen LogP contribution in [0.15, 0.2) is 0 Å². The summed E-state index contributed by atoms with van der Waals surface area (Å²) < 4.78 is 6.04. The van der Waals surface area contributed by atoms with Gasteiger partial charge in [0.05, 0.1) is 12.2 Å². The minimum atomic E-state index is -1.71. The molecule has 0 fully saturated rings. The quantitative estimate of drug-likeness (QED) is 0.734. The average Bonchev–Trinajstić information content (AvgIpc) is 2.00. The third-order valence-electron chi connectivity index (χ3n) is 3.25. The molecule has 0 spiro atoms. The fourth-order valence-electron chi connectivity index (χ4n) is 1.05. The van der Waals surface area contributed by atoms with Gasteiger partial charge in [-0.25, -0.2) is 0 Å². The number of aliphatic hydroxyl groups excluding tert-OH is 1. The molecule has 2 unspecified atom stereocenters. The van der Waals surface area contributed by atoms with Gasteiger partial charge in [0.2, 0.25) is 0 Å². The van der Waals surface area contributed by atoms with Gasteiger partial charge < -0.3 is 9.53 Å². The topological polar surface area (TPSA) is 29.5 Å². The van der Waals surface area contributed by atoms with Crippen molar-refractivity contribution in [1.82, 2.24) is 0 Å². The van der Waals surface area contributed by atoms with Crippen LogP contribution in [0.5, 0.6) is 0 Å². The van der Waals surface area contributed by atoms with Crippen LogP contribution in [0.25, 0.3) is 0 Å². The molecule has 0 saturated carbocycles. The summed E-state index contributed by atoms with van der Waals surface area (Å²) in [6.45, 7) is 15.0. The zero-order chi connectivity index (χ0) is 11.6. The van der Waals surface area contributed by atoms with Gasteiger partial charge in [-0.05, 0) is 31.5 Å². The van der Waals surface area contributed by atoms with Gasteiger partial charge in [-0.1, -0.05) is 27.7 Å². The van der Waals surface area contributed by atoms with E-state index in [4.69, 9.17) is 4.43 Å². The summed E-state index contributed by atoms with van der Waals surface area (Å²) in [6.07, 6.45) is 0.389. The van der Waals surface area contributed by atoms with Crippen molar-refractivity contribution < 1.29 is 9.53 Å². The highest BCUT2D eigenvalue weighted by molar-refractivity contribution is 6.74. The Bertz CT molecular complexity index is 173.